The van der Waals surface area contributed by atoms with Crippen LogP contribution in [0, 0.1) is 5.92 Å². The number of carbonyl (C=O) groups excluding carboxylic acids is 2. The third kappa shape index (κ3) is 5.90. The summed E-state index contributed by atoms with van der Waals surface area (Å²) < 4.78 is 0.934. The molecule has 1 aromatic carbocycles. The van der Waals surface area contributed by atoms with Crippen LogP contribution in [0.1, 0.15) is 24.6 Å². The zero-order valence-electron chi connectivity index (χ0n) is 16.0. The van der Waals surface area contributed by atoms with Crippen molar-refractivity contribution >= 4 is 44.8 Å². The molecule has 3 rings (SSSR count). The van der Waals surface area contributed by atoms with E-state index in [4.69, 9.17) is 0 Å². The van der Waals surface area contributed by atoms with Crippen LogP contribution >= 0.6 is 27.3 Å². The Morgan fingerprint density at radius 1 is 1.25 bits per heavy atom. The molecule has 0 saturated carbocycles. The van der Waals surface area contributed by atoms with E-state index in [2.05, 4.69) is 42.9 Å². The summed E-state index contributed by atoms with van der Waals surface area (Å²) in [7, 11) is 0. The maximum Gasteiger partial charge on any atom is 0.241 e. The number of rotatable bonds is 7. The number of benzene rings is 1. The predicted molar refractivity (Wildman–Crippen MR) is 118 cm³/mol. The third-order valence-electron chi connectivity index (χ3n) is 5.17. The van der Waals surface area contributed by atoms with Gasteiger partial charge in [0.25, 0.3) is 0 Å². The molecule has 2 aromatic rings. The molecular formula is C21H26BrN3O2S. The normalized spacial score (nSPS) is 16.5. The van der Waals surface area contributed by atoms with Gasteiger partial charge in [0.2, 0.25) is 11.8 Å². The first kappa shape index (κ1) is 21.0. The van der Waals surface area contributed by atoms with E-state index in [1.54, 1.807) is 11.3 Å². The lowest BCUT2D eigenvalue weighted by Crippen LogP contribution is -2.48. The van der Waals surface area contributed by atoms with E-state index in [0.29, 0.717) is 6.54 Å². The fraction of sp³-hybridized carbons (Fsp3) is 0.429. The van der Waals surface area contributed by atoms with Crippen LogP contribution in [-0.4, -0.2) is 42.4 Å². The summed E-state index contributed by atoms with van der Waals surface area (Å²) in [5.41, 5.74) is 0.784. The summed E-state index contributed by atoms with van der Waals surface area (Å²) in [4.78, 5) is 28.4. The molecule has 2 N–H and O–H groups in total. The van der Waals surface area contributed by atoms with Crippen LogP contribution in [0.2, 0.25) is 0 Å². The zero-order chi connectivity index (χ0) is 19.9. The molecule has 0 spiro atoms. The average Bonchev–Trinajstić information content (AvgIpc) is 3.21. The van der Waals surface area contributed by atoms with Crippen molar-refractivity contribution in [3.63, 3.8) is 0 Å². The Morgan fingerprint density at radius 3 is 2.71 bits per heavy atom. The Bertz CT molecular complexity index is 789. The average molecular weight is 464 g/mol. The van der Waals surface area contributed by atoms with Gasteiger partial charge in [0.05, 0.1) is 6.04 Å². The van der Waals surface area contributed by atoms with Gasteiger partial charge in [-0.1, -0.05) is 28.1 Å². The lowest BCUT2D eigenvalue weighted by molar-refractivity contribution is -0.127. The number of anilines is 1. The highest BCUT2D eigenvalue weighted by Gasteiger charge is 2.29. The molecule has 1 aliphatic rings. The summed E-state index contributed by atoms with van der Waals surface area (Å²) in [5.74, 6) is 0.166. The van der Waals surface area contributed by atoms with Crippen molar-refractivity contribution < 1.29 is 9.59 Å². The first-order chi connectivity index (χ1) is 13.5. The van der Waals surface area contributed by atoms with Crippen LogP contribution in [0.4, 0.5) is 5.69 Å². The van der Waals surface area contributed by atoms with E-state index < -0.39 is 0 Å². The van der Waals surface area contributed by atoms with E-state index in [1.165, 1.54) is 4.88 Å². The van der Waals surface area contributed by atoms with Crippen LogP contribution in [0.5, 0.6) is 0 Å². The van der Waals surface area contributed by atoms with Crippen LogP contribution in [0.15, 0.2) is 46.3 Å². The molecule has 0 aliphatic carbocycles. The number of nitrogens with zero attached hydrogens (tertiary/aromatic N) is 1. The van der Waals surface area contributed by atoms with Crippen LogP contribution < -0.4 is 10.6 Å². The molecule has 1 unspecified atom stereocenters. The quantitative estimate of drug-likeness (QED) is 0.654. The van der Waals surface area contributed by atoms with Crippen molar-refractivity contribution in [3.05, 3.63) is 51.1 Å². The molecular weight excluding hydrogens is 438 g/mol. The second kappa shape index (κ2) is 10.2. The molecule has 1 atom stereocenters. The lowest BCUT2D eigenvalue weighted by Gasteiger charge is -2.34. The molecule has 5 nitrogen and oxygen atoms in total. The van der Waals surface area contributed by atoms with E-state index in [1.807, 2.05) is 37.3 Å². The topological polar surface area (TPSA) is 61.4 Å². The van der Waals surface area contributed by atoms with Crippen molar-refractivity contribution in [2.24, 2.45) is 5.92 Å². The van der Waals surface area contributed by atoms with Crippen molar-refractivity contribution in [2.75, 3.05) is 25.0 Å². The molecule has 7 heteroatoms. The summed E-state index contributed by atoms with van der Waals surface area (Å²) in [6.45, 7) is 4.13. The molecule has 28 heavy (non-hydrogen) atoms. The maximum atomic E-state index is 12.5. The minimum Gasteiger partial charge on any atom is -0.355 e. The molecule has 1 saturated heterocycles. The van der Waals surface area contributed by atoms with Crippen LogP contribution in [-0.2, 0) is 16.0 Å². The summed E-state index contributed by atoms with van der Waals surface area (Å²) >= 11 is 5.13. The fourth-order valence-corrected chi connectivity index (χ4v) is 4.54. The van der Waals surface area contributed by atoms with Crippen molar-refractivity contribution in [3.8, 4) is 0 Å². The van der Waals surface area contributed by atoms with E-state index in [-0.39, 0.29) is 23.8 Å². The summed E-state index contributed by atoms with van der Waals surface area (Å²) in [5, 5.41) is 8.08. The number of halogens is 1. The van der Waals surface area contributed by atoms with Gasteiger partial charge in [-0.3, -0.25) is 14.5 Å². The zero-order valence-corrected chi connectivity index (χ0v) is 18.4. The molecule has 2 heterocycles. The van der Waals surface area contributed by atoms with Gasteiger partial charge in [0, 0.05) is 27.5 Å². The van der Waals surface area contributed by atoms with Gasteiger partial charge in [-0.05, 0) is 68.9 Å². The van der Waals surface area contributed by atoms with Crippen molar-refractivity contribution in [2.45, 2.75) is 32.2 Å². The number of hydrogen-bond donors (Lipinski definition) is 2. The number of thiophene rings is 1. The third-order valence-corrected chi connectivity index (χ3v) is 6.60. The first-order valence-corrected chi connectivity index (χ1v) is 11.3. The molecule has 0 bridgehead atoms. The number of amides is 2. The predicted octanol–water partition coefficient (Wildman–Crippen LogP) is 3.91. The van der Waals surface area contributed by atoms with E-state index in [0.717, 1.165) is 42.5 Å². The summed E-state index contributed by atoms with van der Waals surface area (Å²) in [6.07, 6.45) is 2.47. The maximum absolute atomic E-state index is 12.5. The SMILES string of the molecule is CC(C(=O)Nc1cccc(Br)c1)N1CCC(C(=O)NCCc2cccs2)CC1. The van der Waals surface area contributed by atoms with E-state index >= 15 is 0 Å². The lowest BCUT2D eigenvalue weighted by atomic mass is 9.95. The molecule has 1 aromatic heterocycles. The fourth-order valence-electron chi connectivity index (χ4n) is 3.44. The van der Waals surface area contributed by atoms with Crippen LogP contribution in [0.25, 0.3) is 0 Å². The van der Waals surface area contributed by atoms with Crippen molar-refractivity contribution in [1.82, 2.24) is 10.2 Å². The monoisotopic (exact) mass is 463 g/mol. The summed E-state index contributed by atoms with van der Waals surface area (Å²) in [6, 6.07) is 11.5. The smallest absolute Gasteiger partial charge is 0.241 e. The molecule has 0 radical (unpaired) electrons. The number of piperidine rings is 1. The first-order valence-electron chi connectivity index (χ1n) is 9.63. The Labute approximate surface area is 178 Å². The van der Waals surface area contributed by atoms with Gasteiger partial charge in [-0.15, -0.1) is 11.3 Å². The Kier molecular flexibility index (Phi) is 7.65. The van der Waals surface area contributed by atoms with Gasteiger partial charge in [0.15, 0.2) is 0 Å². The van der Waals surface area contributed by atoms with E-state index in [9.17, 15) is 9.59 Å². The number of likely N-dealkylation sites (tertiary alicyclic amines) is 1. The highest BCUT2D eigenvalue weighted by atomic mass is 79.9. The molecule has 1 aliphatic heterocycles. The Morgan fingerprint density at radius 2 is 2.04 bits per heavy atom. The van der Waals surface area contributed by atoms with Gasteiger partial charge in [-0.2, -0.15) is 0 Å². The highest BCUT2D eigenvalue weighted by Crippen LogP contribution is 2.21. The van der Waals surface area contributed by atoms with Gasteiger partial charge in [0.1, 0.15) is 0 Å². The second-order valence-electron chi connectivity index (χ2n) is 7.11. The standard InChI is InChI=1S/C21H26BrN3O2S/c1-15(20(26)24-18-5-2-4-17(22)14-18)25-11-8-16(9-12-25)21(27)23-10-7-19-6-3-13-28-19/h2-6,13-16H,7-12H2,1H3,(H,23,27)(H,24,26). The minimum atomic E-state index is -0.221. The second-order valence-corrected chi connectivity index (χ2v) is 9.05. The minimum absolute atomic E-state index is 0.0167. The van der Waals surface area contributed by atoms with Gasteiger partial charge < -0.3 is 10.6 Å². The highest BCUT2D eigenvalue weighted by molar-refractivity contribution is 9.10. The van der Waals surface area contributed by atoms with Crippen LogP contribution in [0.3, 0.4) is 0 Å². The number of nitrogens with one attached hydrogen (secondary N) is 2. The van der Waals surface area contributed by atoms with Gasteiger partial charge in [-0.25, -0.2) is 0 Å². The Balaban J connectivity index is 1.41. The van der Waals surface area contributed by atoms with Gasteiger partial charge >= 0.3 is 0 Å². The molecule has 2 amide bonds. The molecule has 150 valence electrons. The number of carbonyl (C=O) groups is 2. The largest absolute Gasteiger partial charge is 0.355 e. The Hall–Kier alpha value is -1.70. The van der Waals surface area contributed by atoms with Crippen molar-refractivity contribution in [1.29, 1.82) is 0 Å². The number of hydrogen-bond acceptors (Lipinski definition) is 4. The molecule has 1 fully saturated rings.